The molecule has 1 heterocycles. The maximum absolute atomic E-state index is 12.9. The van der Waals surface area contributed by atoms with E-state index in [1.807, 2.05) is 0 Å². The van der Waals surface area contributed by atoms with Crippen LogP contribution in [0.2, 0.25) is 5.02 Å². The Bertz CT molecular complexity index is 696. The van der Waals surface area contributed by atoms with Gasteiger partial charge >= 0.3 is 6.18 Å². The van der Waals surface area contributed by atoms with Gasteiger partial charge in [0.1, 0.15) is 5.41 Å². The van der Waals surface area contributed by atoms with Crippen LogP contribution < -0.4 is 5.32 Å². The Kier molecular flexibility index (Phi) is 4.70. The zero-order valence-electron chi connectivity index (χ0n) is 13.5. The lowest BCUT2D eigenvalue weighted by atomic mass is 10.0. The number of piperidine rings is 1. The van der Waals surface area contributed by atoms with Gasteiger partial charge in [-0.15, -0.1) is 0 Å². The Labute approximate surface area is 148 Å². The van der Waals surface area contributed by atoms with Gasteiger partial charge in [0.05, 0.1) is 10.6 Å². The van der Waals surface area contributed by atoms with Gasteiger partial charge in [-0.25, -0.2) is 0 Å². The summed E-state index contributed by atoms with van der Waals surface area (Å²) >= 11 is 5.58. The van der Waals surface area contributed by atoms with Crippen LogP contribution in [0.5, 0.6) is 0 Å². The quantitative estimate of drug-likeness (QED) is 0.810. The van der Waals surface area contributed by atoms with Gasteiger partial charge in [0.25, 0.3) is 0 Å². The van der Waals surface area contributed by atoms with Gasteiger partial charge in [0.2, 0.25) is 11.8 Å². The second-order valence-electron chi connectivity index (χ2n) is 6.58. The minimum Gasteiger partial charge on any atom is -0.342 e. The molecule has 2 aliphatic rings. The fourth-order valence-corrected chi connectivity index (χ4v) is 3.36. The highest BCUT2D eigenvalue weighted by atomic mass is 35.5. The van der Waals surface area contributed by atoms with E-state index in [4.69, 9.17) is 11.6 Å². The maximum Gasteiger partial charge on any atom is 0.417 e. The molecule has 8 heteroatoms. The van der Waals surface area contributed by atoms with Crippen LogP contribution in [0, 0.1) is 5.41 Å². The number of nitrogens with one attached hydrogen (secondary N) is 1. The number of carbonyl (C=O) groups excluding carboxylic acids is 2. The molecule has 0 radical (unpaired) electrons. The first kappa shape index (κ1) is 18.0. The summed E-state index contributed by atoms with van der Waals surface area (Å²) in [4.78, 5) is 26.9. The topological polar surface area (TPSA) is 49.4 Å². The number of nitrogens with zero attached hydrogens (tertiary/aromatic N) is 1. The molecule has 1 saturated carbocycles. The first-order chi connectivity index (χ1) is 11.7. The summed E-state index contributed by atoms with van der Waals surface area (Å²) in [5.41, 5.74) is -2.16. The second kappa shape index (κ2) is 6.52. The highest BCUT2D eigenvalue weighted by Gasteiger charge is 2.58. The van der Waals surface area contributed by atoms with E-state index in [9.17, 15) is 22.8 Å². The minimum absolute atomic E-state index is 0.0144. The van der Waals surface area contributed by atoms with Crippen LogP contribution in [-0.4, -0.2) is 29.8 Å². The molecular formula is C17H18ClF3N2O2. The van der Waals surface area contributed by atoms with E-state index < -0.39 is 28.1 Å². The standard InChI is InChI=1S/C17H18ClF3N2O2/c18-13-5-4-11(10-12(13)17(19,20)21)22-14(24)16(6-7-16)15(25)23-8-2-1-3-9-23/h4-5,10H,1-3,6-9H2,(H,22,24). The summed E-state index contributed by atoms with van der Waals surface area (Å²) in [6.07, 6.45) is -0.875. The van der Waals surface area contributed by atoms with E-state index in [0.717, 1.165) is 31.4 Å². The Morgan fingerprint density at radius 2 is 1.76 bits per heavy atom. The van der Waals surface area contributed by atoms with Crippen LogP contribution in [0.25, 0.3) is 0 Å². The molecule has 0 spiro atoms. The van der Waals surface area contributed by atoms with Crippen LogP contribution in [0.1, 0.15) is 37.7 Å². The predicted octanol–water partition coefficient (Wildman–Crippen LogP) is 4.09. The van der Waals surface area contributed by atoms with Crippen molar-refractivity contribution in [3.63, 3.8) is 0 Å². The molecule has 0 aromatic heterocycles. The third kappa shape index (κ3) is 3.61. The maximum atomic E-state index is 12.9. The van der Waals surface area contributed by atoms with Crippen LogP contribution in [-0.2, 0) is 15.8 Å². The Balaban J connectivity index is 1.75. The normalized spacial score (nSPS) is 19.4. The number of hydrogen-bond donors (Lipinski definition) is 1. The average molecular weight is 375 g/mol. The van der Waals surface area contributed by atoms with E-state index >= 15 is 0 Å². The molecule has 1 aromatic rings. The SMILES string of the molecule is O=C(Nc1ccc(Cl)c(C(F)(F)F)c1)C1(C(=O)N2CCCCC2)CC1. The highest BCUT2D eigenvalue weighted by molar-refractivity contribution is 6.31. The molecule has 2 fully saturated rings. The van der Waals surface area contributed by atoms with Gasteiger partial charge < -0.3 is 10.2 Å². The number of halogens is 4. The molecule has 1 aromatic carbocycles. The van der Waals surface area contributed by atoms with Gasteiger partial charge in [-0.05, 0) is 50.3 Å². The van der Waals surface area contributed by atoms with Crippen molar-refractivity contribution in [2.75, 3.05) is 18.4 Å². The molecule has 1 aliphatic heterocycles. The van der Waals surface area contributed by atoms with Gasteiger partial charge in [-0.2, -0.15) is 13.2 Å². The molecule has 1 saturated heterocycles. The van der Waals surface area contributed by atoms with E-state index in [0.29, 0.717) is 25.9 Å². The number of carbonyl (C=O) groups is 2. The van der Waals surface area contributed by atoms with Crippen molar-refractivity contribution in [2.45, 2.75) is 38.3 Å². The average Bonchev–Trinajstić information content (AvgIpc) is 3.37. The number of rotatable bonds is 3. The van der Waals surface area contributed by atoms with Crippen LogP contribution in [0.4, 0.5) is 18.9 Å². The predicted molar refractivity (Wildman–Crippen MR) is 87.2 cm³/mol. The van der Waals surface area contributed by atoms with Gasteiger partial charge in [-0.1, -0.05) is 11.6 Å². The molecule has 1 aliphatic carbocycles. The van der Waals surface area contributed by atoms with Crippen molar-refractivity contribution in [2.24, 2.45) is 5.41 Å². The first-order valence-electron chi connectivity index (χ1n) is 8.22. The summed E-state index contributed by atoms with van der Waals surface area (Å²) < 4.78 is 38.8. The van der Waals surface area contributed by atoms with Gasteiger partial charge in [-0.3, -0.25) is 9.59 Å². The van der Waals surface area contributed by atoms with Crippen molar-refractivity contribution < 1.29 is 22.8 Å². The Morgan fingerprint density at radius 1 is 1.12 bits per heavy atom. The third-order valence-corrected chi connectivity index (χ3v) is 5.10. The Morgan fingerprint density at radius 3 is 2.32 bits per heavy atom. The summed E-state index contributed by atoms with van der Waals surface area (Å²) in [7, 11) is 0. The zero-order chi connectivity index (χ0) is 18.2. The molecule has 136 valence electrons. The monoisotopic (exact) mass is 374 g/mol. The largest absolute Gasteiger partial charge is 0.417 e. The number of benzene rings is 1. The van der Waals surface area contributed by atoms with E-state index in [1.54, 1.807) is 4.90 Å². The summed E-state index contributed by atoms with van der Waals surface area (Å²) in [6, 6.07) is 3.19. The van der Waals surface area contributed by atoms with E-state index in [1.165, 1.54) is 6.07 Å². The third-order valence-electron chi connectivity index (χ3n) is 4.77. The fourth-order valence-electron chi connectivity index (χ4n) is 3.13. The van der Waals surface area contributed by atoms with Crippen LogP contribution >= 0.6 is 11.6 Å². The smallest absolute Gasteiger partial charge is 0.342 e. The number of hydrogen-bond acceptors (Lipinski definition) is 2. The fraction of sp³-hybridized carbons (Fsp3) is 0.529. The van der Waals surface area contributed by atoms with Crippen LogP contribution in [0.3, 0.4) is 0 Å². The lowest BCUT2D eigenvalue weighted by molar-refractivity contribution is -0.143. The lowest BCUT2D eigenvalue weighted by Gasteiger charge is -2.30. The lowest BCUT2D eigenvalue weighted by Crippen LogP contribution is -2.45. The molecule has 1 N–H and O–H groups in total. The van der Waals surface area contributed by atoms with Crippen molar-refractivity contribution in [3.8, 4) is 0 Å². The van der Waals surface area contributed by atoms with Gasteiger partial charge in [0.15, 0.2) is 0 Å². The first-order valence-corrected chi connectivity index (χ1v) is 8.59. The number of amides is 2. The zero-order valence-corrected chi connectivity index (χ0v) is 14.2. The summed E-state index contributed by atoms with van der Waals surface area (Å²) in [5.74, 6) is -0.756. The van der Waals surface area contributed by atoms with E-state index in [2.05, 4.69) is 5.32 Å². The number of likely N-dealkylation sites (tertiary alicyclic amines) is 1. The molecule has 25 heavy (non-hydrogen) atoms. The summed E-state index contributed by atoms with van der Waals surface area (Å²) in [5, 5.41) is 2.03. The van der Waals surface area contributed by atoms with Crippen molar-refractivity contribution in [3.05, 3.63) is 28.8 Å². The summed E-state index contributed by atoms with van der Waals surface area (Å²) in [6.45, 7) is 1.26. The molecule has 0 atom stereocenters. The molecule has 0 unspecified atom stereocenters. The number of anilines is 1. The molecule has 2 amide bonds. The molecule has 4 nitrogen and oxygen atoms in total. The van der Waals surface area contributed by atoms with E-state index in [-0.39, 0.29) is 11.6 Å². The number of alkyl halides is 3. The minimum atomic E-state index is -4.61. The molecule has 0 bridgehead atoms. The van der Waals surface area contributed by atoms with Crippen molar-refractivity contribution in [1.29, 1.82) is 0 Å². The Hall–Kier alpha value is -1.76. The van der Waals surface area contributed by atoms with Crippen molar-refractivity contribution in [1.82, 2.24) is 4.90 Å². The van der Waals surface area contributed by atoms with Gasteiger partial charge in [0, 0.05) is 18.8 Å². The molecular weight excluding hydrogens is 357 g/mol. The second-order valence-corrected chi connectivity index (χ2v) is 6.99. The highest BCUT2D eigenvalue weighted by Crippen LogP contribution is 2.48. The molecule has 3 rings (SSSR count). The van der Waals surface area contributed by atoms with Crippen LogP contribution in [0.15, 0.2) is 18.2 Å². The van der Waals surface area contributed by atoms with Crippen molar-refractivity contribution >= 4 is 29.1 Å².